The molecule has 11 heavy (non-hydrogen) atoms. The van der Waals surface area contributed by atoms with Crippen LogP contribution in [0.1, 0.15) is 0 Å². The van der Waals surface area contributed by atoms with Gasteiger partial charge in [-0.05, 0) is 12.1 Å². The quantitative estimate of drug-likeness (QED) is 0.678. The molecule has 0 bridgehead atoms. The molecular weight excluding hydrogens is 144 g/mol. The van der Waals surface area contributed by atoms with Gasteiger partial charge < -0.3 is 13.9 Å². The molecule has 0 spiro atoms. The highest BCUT2D eigenvalue weighted by Crippen LogP contribution is 2.24. The Morgan fingerprint density at radius 2 is 2.09 bits per heavy atom. The highest BCUT2D eigenvalue weighted by Gasteiger charge is 2.04. The average Bonchev–Trinajstić information content (AvgIpc) is 2.55. The minimum Gasteiger partial charge on any atom is -0.505 e. The second kappa shape index (κ2) is 2.20. The second-order valence-electron chi connectivity index (χ2n) is 2.15. The van der Waals surface area contributed by atoms with Gasteiger partial charge in [-0.2, -0.15) is 0 Å². The van der Waals surface area contributed by atoms with Gasteiger partial charge in [-0.25, -0.2) is 0 Å². The van der Waals surface area contributed by atoms with Crippen LogP contribution in [0, 0.1) is 0 Å². The van der Waals surface area contributed by atoms with E-state index < -0.39 is 0 Å². The molecule has 3 heteroatoms. The normalized spacial score (nSPS) is 10.2. The first kappa shape index (κ1) is 6.09. The maximum Gasteiger partial charge on any atom is 0.173 e. The molecule has 0 saturated carbocycles. The number of furan rings is 2. The third-order valence-electron chi connectivity index (χ3n) is 1.35. The van der Waals surface area contributed by atoms with Crippen molar-refractivity contribution < 1.29 is 13.9 Å². The maximum atomic E-state index is 8.92. The predicted molar refractivity (Wildman–Crippen MR) is 38.1 cm³/mol. The van der Waals surface area contributed by atoms with E-state index in [1.807, 2.05) is 0 Å². The topological polar surface area (TPSA) is 46.5 Å². The summed E-state index contributed by atoms with van der Waals surface area (Å²) >= 11 is 0. The van der Waals surface area contributed by atoms with Gasteiger partial charge in [0.15, 0.2) is 17.3 Å². The molecule has 0 unspecified atom stereocenters. The first-order chi connectivity index (χ1) is 5.36. The summed E-state index contributed by atoms with van der Waals surface area (Å²) < 4.78 is 9.99. The van der Waals surface area contributed by atoms with Crippen LogP contribution in [0.5, 0.6) is 5.75 Å². The highest BCUT2D eigenvalue weighted by atomic mass is 16.4. The zero-order valence-corrected chi connectivity index (χ0v) is 5.65. The van der Waals surface area contributed by atoms with Gasteiger partial charge >= 0.3 is 0 Å². The standard InChI is InChI=1S/C8H6O3/c9-6-4-8(11-5-6)7-2-1-3-10-7/h1-5,9H. The maximum absolute atomic E-state index is 8.92. The van der Waals surface area contributed by atoms with E-state index in [0.717, 1.165) is 0 Å². The average molecular weight is 150 g/mol. The molecule has 0 aromatic carbocycles. The van der Waals surface area contributed by atoms with Gasteiger partial charge in [-0.3, -0.25) is 0 Å². The number of hydrogen-bond donors (Lipinski definition) is 1. The SMILES string of the molecule is Oc1coc(-c2ccco2)c1. The van der Waals surface area contributed by atoms with E-state index >= 15 is 0 Å². The van der Waals surface area contributed by atoms with E-state index in [9.17, 15) is 0 Å². The summed E-state index contributed by atoms with van der Waals surface area (Å²) in [7, 11) is 0. The molecule has 0 aliphatic heterocycles. The monoisotopic (exact) mass is 150 g/mol. The molecule has 0 aliphatic carbocycles. The molecule has 2 heterocycles. The van der Waals surface area contributed by atoms with Gasteiger partial charge in [0.1, 0.15) is 6.26 Å². The van der Waals surface area contributed by atoms with E-state index in [4.69, 9.17) is 13.9 Å². The van der Waals surface area contributed by atoms with Crippen molar-refractivity contribution in [2.75, 3.05) is 0 Å². The van der Waals surface area contributed by atoms with Crippen LogP contribution in [-0.2, 0) is 0 Å². The first-order valence-corrected chi connectivity index (χ1v) is 3.17. The third-order valence-corrected chi connectivity index (χ3v) is 1.35. The van der Waals surface area contributed by atoms with Crippen molar-refractivity contribution in [3.8, 4) is 17.3 Å². The Morgan fingerprint density at radius 1 is 1.18 bits per heavy atom. The fourth-order valence-corrected chi connectivity index (χ4v) is 0.874. The molecule has 0 fully saturated rings. The van der Waals surface area contributed by atoms with Crippen LogP contribution in [0.4, 0.5) is 0 Å². The molecule has 0 saturated heterocycles. The molecule has 2 aromatic rings. The Hall–Kier alpha value is -1.64. The molecule has 56 valence electrons. The van der Waals surface area contributed by atoms with Crippen LogP contribution in [0.2, 0.25) is 0 Å². The molecule has 0 amide bonds. The molecule has 1 N–H and O–H groups in total. The van der Waals surface area contributed by atoms with Crippen molar-refractivity contribution >= 4 is 0 Å². The fraction of sp³-hybridized carbons (Fsp3) is 0. The minimum absolute atomic E-state index is 0.108. The minimum atomic E-state index is 0.108. The Labute approximate surface area is 62.9 Å². The van der Waals surface area contributed by atoms with Gasteiger partial charge in [0.05, 0.1) is 6.26 Å². The summed E-state index contributed by atoms with van der Waals surface area (Å²) in [5.41, 5.74) is 0. The zero-order chi connectivity index (χ0) is 7.68. The summed E-state index contributed by atoms with van der Waals surface area (Å²) in [6, 6.07) is 5.02. The van der Waals surface area contributed by atoms with Gasteiger partial charge in [-0.1, -0.05) is 0 Å². The Bertz CT molecular complexity index is 332. The Morgan fingerprint density at radius 3 is 2.64 bits per heavy atom. The van der Waals surface area contributed by atoms with Crippen molar-refractivity contribution in [1.29, 1.82) is 0 Å². The van der Waals surface area contributed by atoms with Crippen molar-refractivity contribution in [3.63, 3.8) is 0 Å². The van der Waals surface area contributed by atoms with Gasteiger partial charge in [0, 0.05) is 6.07 Å². The number of rotatable bonds is 1. The molecule has 0 aliphatic rings. The zero-order valence-electron chi connectivity index (χ0n) is 5.65. The molecule has 0 radical (unpaired) electrons. The Balaban J connectivity index is 2.45. The van der Waals surface area contributed by atoms with E-state index in [0.29, 0.717) is 11.5 Å². The summed E-state index contributed by atoms with van der Waals surface area (Å²) in [5, 5.41) is 8.92. The molecule has 3 nitrogen and oxygen atoms in total. The van der Waals surface area contributed by atoms with E-state index in [-0.39, 0.29) is 5.75 Å². The lowest BCUT2D eigenvalue weighted by Gasteiger charge is -1.84. The van der Waals surface area contributed by atoms with E-state index in [1.165, 1.54) is 12.3 Å². The third kappa shape index (κ3) is 1.00. The Kier molecular flexibility index (Phi) is 1.22. The van der Waals surface area contributed by atoms with E-state index in [1.54, 1.807) is 18.4 Å². The molecule has 2 aromatic heterocycles. The van der Waals surface area contributed by atoms with Gasteiger partial charge in [0.25, 0.3) is 0 Å². The fourth-order valence-electron chi connectivity index (χ4n) is 0.874. The lowest BCUT2D eigenvalue weighted by Crippen LogP contribution is -1.62. The van der Waals surface area contributed by atoms with Crippen molar-refractivity contribution in [3.05, 3.63) is 30.7 Å². The first-order valence-electron chi connectivity index (χ1n) is 3.17. The molecule has 0 atom stereocenters. The van der Waals surface area contributed by atoms with Crippen LogP contribution >= 0.6 is 0 Å². The summed E-state index contributed by atoms with van der Waals surface area (Å²) in [5.74, 6) is 1.26. The van der Waals surface area contributed by atoms with Crippen molar-refractivity contribution in [2.24, 2.45) is 0 Å². The van der Waals surface area contributed by atoms with Gasteiger partial charge in [-0.15, -0.1) is 0 Å². The largest absolute Gasteiger partial charge is 0.505 e. The van der Waals surface area contributed by atoms with Crippen LogP contribution in [-0.4, -0.2) is 5.11 Å². The summed E-state index contributed by atoms with van der Waals surface area (Å²) in [6.07, 6.45) is 2.81. The van der Waals surface area contributed by atoms with Crippen molar-refractivity contribution in [2.45, 2.75) is 0 Å². The van der Waals surface area contributed by atoms with Crippen LogP contribution in [0.3, 0.4) is 0 Å². The van der Waals surface area contributed by atoms with Crippen LogP contribution in [0.15, 0.2) is 39.6 Å². The number of aromatic hydroxyl groups is 1. The van der Waals surface area contributed by atoms with E-state index in [2.05, 4.69) is 0 Å². The van der Waals surface area contributed by atoms with Crippen LogP contribution in [0.25, 0.3) is 11.5 Å². The molecular formula is C8H6O3. The van der Waals surface area contributed by atoms with Crippen molar-refractivity contribution in [1.82, 2.24) is 0 Å². The highest BCUT2D eigenvalue weighted by molar-refractivity contribution is 5.51. The lowest BCUT2D eigenvalue weighted by molar-refractivity contribution is 0.457. The van der Waals surface area contributed by atoms with Gasteiger partial charge in [0.2, 0.25) is 0 Å². The lowest BCUT2D eigenvalue weighted by atomic mass is 10.3. The van der Waals surface area contributed by atoms with Crippen LogP contribution < -0.4 is 0 Å². The number of hydrogen-bond acceptors (Lipinski definition) is 3. The predicted octanol–water partition coefficient (Wildman–Crippen LogP) is 2.25. The second-order valence-corrected chi connectivity index (χ2v) is 2.15. The smallest absolute Gasteiger partial charge is 0.173 e. The summed E-state index contributed by atoms with van der Waals surface area (Å²) in [4.78, 5) is 0. The summed E-state index contributed by atoms with van der Waals surface area (Å²) in [6.45, 7) is 0. The molecule has 2 rings (SSSR count).